The van der Waals surface area contributed by atoms with E-state index in [9.17, 15) is 4.79 Å². The van der Waals surface area contributed by atoms with Crippen LogP contribution in [-0.2, 0) is 6.42 Å². The van der Waals surface area contributed by atoms with E-state index in [2.05, 4.69) is 4.98 Å². The first-order chi connectivity index (χ1) is 6.31. The number of pyridine rings is 1. The van der Waals surface area contributed by atoms with Gasteiger partial charge in [0.15, 0.2) is 5.78 Å². The van der Waals surface area contributed by atoms with Crippen LogP contribution in [0.2, 0.25) is 0 Å². The average Bonchev–Trinajstić information content (AvgIpc) is 2.18. The second-order valence-corrected chi connectivity index (χ2v) is 3.43. The zero-order valence-corrected chi connectivity index (χ0v) is 7.36. The molecule has 1 aliphatic rings. The van der Waals surface area contributed by atoms with E-state index < -0.39 is 0 Å². The van der Waals surface area contributed by atoms with E-state index >= 15 is 0 Å². The van der Waals surface area contributed by atoms with E-state index in [1.54, 1.807) is 12.3 Å². The van der Waals surface area contributed by atoms with Crippen LogP contribution in [-0.4, -0.2) is 17.3 Å². The monoisotopic (exact) mass is 176 g/mol. The molecule has 68 valence electrons. The van der Waals surface area contributed by atoms with Gasteiger partial charge in [0.05, 0.1) is 5.69 Å². The predicted octanol–water partition coefficient (Wildman–Crippen LogP) is 0.785. The number of fused-ring (bicyclic) bond motifs is 1. The Kier molecular flexibility index (Phi) is 2.10. The second-order valence-electron chi connectivity index (χ2n) is 3.43. The molecule has 0 spiro atoms. The van der Waals surface area contributed by atoms with Crippen molar-refractivity contribution in [1.82, 2.24) is 4.98 Å². The fraction of sp³-hybridized carbons (Fsp3) is 0.400. The Morgan fingerprint density at radius 3 is 3.15 bits per heavy atom. The van der Waals surface area contributed by atoms with Crippen LogP contribution in [0.1, 0.15) is 22.5 Å². The summed E-state index contributed by atoms with van der Waals surface area (Å²) < 4.78 is 0. The minimum Gasteiger partial charge on any atom is -0.330 e. The lowest BCUT2D eigenvalue weighted by atomic mass is 9.86. The first-order valence-electron chi connectivity index (χ1n) is 4.48. The molecule has 2 rings (SSSR count). The van der Waals surface area contributed by atoms with Crippen LogP contribution in [0.5, 0.6) is 0 Å². The van der Waals surface area contributed by atoms with Gasteiger partial charge < -0.3 is 5.73 Å². The summed E-state index contributed by atoms with van der Waals surface area (Å²) in [5.41, 5.74) is 7.24. The van der Waals surface area contributed by atoms with Crippen molar-refractivity contribution >= 4 is 5.78 Å². The van der Waals surface area contributed by atoms with Crippen LogP contribution in [0.15, 0.2) is 18.3 Å². The molecule has 0 aliphatic heterocycles. The SMILES string of the molecule is NCC1CC(=O)c2cccnc2C1. The van der Waals surface area contributed by atoms with Crippen LogP contribution in [0.4, 0.5) is 0 Å². The fourth-order valence-electron chi connectivity index (χ4n) is 1.74. The smallest absolute Gasteiger partial charge is 0.165 e. The van der Waals surface area contributed by atoms with E-state index in [4.69, 9.17) is 5.73 Å². The maximum Gasteiger partial charge on any atom is 0.165 e. The largest absolute Gasteiger partial charge is 0.330 e. The molecular weight excluding hydrogens is 164 g/mol. The molecule has 3 heteroatoms. The molecule has 0 saturated carbocycles. The molecule has 0 radical (unpaired) electrons. The molecule has 1 aliphatic carbocycles. The van der Waals surface area contributed by atoms with Crippen LogP contribution >= 0.6 is 0 Å². The van der Waals surface area contributed by atoms with Crippen molar-refractivity contribution in [3.05, 3.63) is 29.6 Å². The standard InChI is InChI=1S/C10H12N2O/c11-6-7-4-9-8(10(13)5-7)2-1-3-12-9/h1-3,7H,4-6,11H2. The highest BCUT2D eigenvalue weighted by atomic mass is 16.1. The Balaban J connectivity index is 2.37. The molecule has 1 aromatic heterocycles. The summed E-state index contributed by atoms with van der Waals surface area (Å²) in [6.45, 7) is 0.571. The molecule has 13 heavy (non-hydrogen) atoms. The lowest BCUT2D eigenvalue weighted by Gasteiger charge is -2.20. The summed E-state index contributed by atoms with van der Waals surface area (Å²) in [6.07, 6.45) is 3.15. The maximum atomic E-state index is 11.6. The Morgan fingerprint density at radius 2 is 2.38 bits per heavy atom. The van der Waals surface area contributed by atoms with Crippen molar-refractivity contribution in [3.8, 4) is 0 Å². The van der Waals surface area contributed by atoms with Gasteiger partial charge in [-0.25, -0.2) is 0 Å². The molecule has 0 amide bonds. The van der Waals surface area contributed by atoms with Crippen molar-refractivity contribution in [2.45, 2.75) is 12.8 Å². The van der Waals surface area contributed by atoms with Crippen LogP contribution in [0, 0.1) is 5.92 Å². The summed E-state index contributed by atoms with van der Waals surface area (Å²) >= 11 is 0. The van der Waals surface area contributed by atoms with Gasteiger partial charge in [-0.05, 0) is 31.0 Å². The first kappa shape index (κ1) is 8.38. The van der Waals surface area contributed by atoms with E-state index in [1.807, 2.05) is 6.07 Å². The zero-order chi connectivity index (χ0) is 9.26. The lowest BCUT2D eigenvalue weighted by Crippen LogP contribution is -2.26. The van der Waals surface area contributed by atoms with Gasteiger partial charge in [-0.3, -0.25) is 9.78 Å². The van der Waals surface area contributed by atoms with E-state index in [0.29, 0.717) is 13.0 Å². The summed E-state index contributed by atoms with van der Waals surface area (Å²) in [4.78, 5) is 15.8. The quantitative estimate of drug-likeness (QED) is 0.688. The van der Waals surface area contributed by atoms with Gasteiger partial charge in [-0.1, -0.05) is 0 Å². The highest BCUT2D eigenvalue weighted by molar-refractivity contribution is 5.98. The topological polar surface area (TPSA) is 56.0 Å². The second kappa shape index (κ2) is 3.26. The zero-order valence-electron chi connectivity index (χ0n) is 7.36. The molecule has 2 N–H and O–H groups in total. The summed E-state index contributed by atoms with van der Waals surface area (Å²) in [5.74, 6) is 0.472. The summed E-state index contributed by atoms with van der Waals surface area (Å²) in [5, 5.41) is 0. The van der Waals surface area contributed by atoms with Crippen molar-refractivity contribution in [1.29, 1.82) is 0 Å². The van der Waals surface area contributed by atoms with Crippen molar-refractivity contribution in [3.63, 3.8) is 0 Å². The van der Waals surface area contributed by atoms with Gasteiger partial charge in [-0.2, -0.15) is 0 Å². The van der Waals surface area contributed by atoms with E-state index in [-0.39, 0.29) is 11.7 Å². The number of carbonyl (C=O) groups is 1. The predicted molar refractivity (Wildman–Crippen MR) is 49.4 cm³/mol. The maximum absolute atomic E-state index is 11.6. The molecule has 0 fully saturated rings. The number of Topliss-reactive ketones (excluding diaryl/α,β-unsaturated/α-hetero) is 1. The Labute approximate surface area is 77.0 Å². The van der Waals surface area contributed by atoms with Gasteiger partial charge in [0, 0.05) is 18.2 Å². The lowest BCUT2D eigenvalue weighted by molar-refractivity contribution is 0.0949. The number of carbonyl (C=O) groups excluding carboxylic acids is 1. The summed E-state index contributed by atoms with van der Waals surface area (Å²) in [6, 6.07) is 3.65. The molecule has 1 heterocycles. The highest BCUT2D eigenvalue weighted by Gasteiger charge is 2.24. The van der Waals surface area contributed by atoms with Crippen molar-refractivity contribution in [2.24, 2.45) is 11.7 Å². The number of hydrogen-bond acceptors (Lipinski definition) is 3. The number of hydrogen-bond donors (Lipinski definition) is 1. The molecule has 1 aromatic rings. The molecular formula is C10H12N2O. The molecule has 0 aromatic carbocycles. The van der Waals surface area contributed by atoms with Crippen LogP contribution in [0.25, 0.3) is 0 Å². The third-order valence-electron chi connectivity index (χ3n) is 2.48. The number of ketones is 1. The van der Waals surface area contributed by atoms with Crippen LogP contribution in [0.3, 0.4) is 0 Å². The normalized spacial score (nSPS) is 21.3. The average molecular weight is 176 g/mol. The Hall–Kier alpha value is -1.22. The van der Waals surface area contributed by atoms with E-state index in [1.165, 1.54) is 0 Å². The fourth-order valence-corrected chi connectivity index (χ4v) is 1.74. The number of nitrogens with two attached hydrogens (primary N) is 1. The third-order valence-corrected chi connectivity index (χ3v) is 2.48. The van der Waals surface area contributed by atoms with Crippen molar-refractivity contribution < 1.29 is 4.79 Å². The summed E-state index contributed by atoms with van der Waals surface area (Å²) in [7, 11) is 0. The highest BCUT2D eigenvalue weighted by Crippen LogP contribution is 2.22. The van der Waals surface area contributed by atoms with Crippen molar-refractivity contribution in [2.75, 3.05) is 6.54 Å². The first-order valence-corrected chi connectivity index (χ1v) is 4.48. The third kappa shape index (κ3) is 1.47. The Morgan fingerprint density at radius 1 is 1.54 bits per heavy atom. The minimum atomic E-state index is 0.185. The van der Waals surface area contributed by atoms with Gasteiger partial charge in [0.1, 0.15) is 0 Å². The van der Waals surface area contributed by atoms with Crippen LogP contribution < -0.4 is 5.73 Å². The van der Waals surface area contributed by atoms with Gasteiger partial charge in [0.2, 0.25) is 0 Å². The number of nitrogens with zero attached hydrogens (tertiary/aromatic N) is 1. The van der Waals surface area contributed by atoms with Gasteiger partial charge in [-0.15, -0.1) is 0 Å². The molecule has 1 atom stereocenters. The van der Waals surface area contributed by atoms with Gasteiger partial charge >= 0.3 is 0 Å². The van der Waals surface area contributed by atoms with Gasteiger partial charge in [0.25, 0.3) is 0 Å². The molecule has 0 saturated heterocycles. The molecule has 3 nitrogen and oxygen atoms in total. The molecule has 1 unspecified atom stereocenters. The molecule has 0 bridgehead atoms. The van der Waals surface area contributed by atoms with E-state index in [0.717, 1.165) is 17.7 Å². The Bertz CT molecular complexity index is 335. The number of rotatable bonds is 1. The number of aromatic nitrogens is 1. The minimum absolute atomic E-state index is 0.185.